The van der Waals surface area contributed by atoms with Crippen molar-refractivity contribution in [1.82, 2.24) is 10.6 Å². The Hall–Kier alpha value is -0.690. The number of carbonyl (C=O) groups excluding carboxylic acids is 1. The lowest BCUT2D eigenvalue weighted by Gasteiger charge is -2.22. The number of hydrogen-bond donors (Lipinski definition) is 3. The van der Waals surface area contributed by atoms with Gasteiger partial charge in [-0.05, 0) is 20.8 Å². The Kier molecular flexibility index (Phi) is 8.91. The number of carbonyl (C=O) groups is 1. The number of ether oxygens (including phenoxy) is 2. The molecule has 0 aromatic heterocycles. The second kappa shape index (κ2) is 9.27. The van der Waals surface area contributed by atoms with Crippen molar-refractivity contribution in [1.29, 1.82) is 0 Å². The third-order valence-corrected chi connectivity index (χ3v) is 2.00. The summed E-state index contributed by atoms with van der Waals surface area (Å²) in [4.78, 5) is 11.3. The van der Waals surface area contributed by atoms with Gasteiger partial charge in [0.25, 0.3) is 0 Å². The second-order valence-corrected chi connectivity index (χ2v) is 5.05. The highest BCUT2D eigenvalue weighted by Crippen LogP contribution is 2.06. The molecule has 0 rings (SSSR count). The van der Waals surface area contributed by atoms with Crippen LogP contribution in [0.15, 0.2) is 0 Å². The Bertz CT molecular complexity index is 229. The maximum atomic E-state index is 11.3. The van der Waals surface area contributed by atoms with Crippen molar-refractivity contribution in [2.24, 2.45) is 0 Å². The van der Waals surface area contributed by atoms with Crippen LogP contribution in [0.25, 0.3) is 0 Å². The Balaban J connectivity index is 3.50. The van der Waals surface area contributed by atoms with Crippen LogP contribution in [0.5, 0.6) is 0 Å². The first-order valence-electron chi connectivity index (χ1n) is 6.13. The van der Waals surface area contributed by atoms with E-state index in [0.717, 1.165) is 0 Å². The van der Waals surface area contributed by atoms with Gasteiger partial charge in [0.15, 0.2) is 0 Å². The molecule has 0 saturated carbocycles. The summed E-state index contributed by atoms with van der Waals surface area (Å²) in [5.41, 5.74) is -0.265. The van der Waals surface area contributed by atoms with Crippen molar-refractivity contribution in [2.75, 3.05) is 40.0 Å². The Morgan fingerprint density at radius 1 is 1.39 bits per heavy atom. The van der Waals surface area contributed by atoms with Gasteiger partial charge < -0.3 is 25.2 Å². The van der Waals surface area contributed by atoms with E-state index in [1.165, 1.54) is 0 Å². The molecule has 0 bridgehead atoms. The molecule has 1 amide bonds. The molecule has 6 heteroatoms. The predicted molar refractivity (Wildman–Crippen MR) is 69.5 cm³/mol. The van der Waals surface area contributed by atoms with Gasteiger partial charge in [0.2, 0.25) is 5.91 Å². The first-order valence-corrected chi connectivity index (χ1v) is 6.13. The molecule has 0 aromatic rings. The Labute approximate surface area is 109 Å². The summed E-state index contributed by atoms with van der Waals surface area (Å²) in [6.07, 6.45) is -0.615. The lowest BCUT2D eigenvalue weighted by molar-refractivity contribution is -0.120. The number of aliphatic hydroxyl groups is 1. The molecule has 0 radical (unpaired) electrons. The molecule has 6 nitrogen and oxygen atoms in total. The van der Waals surface area contributed by atoms with E-state index in [2.05, 4.69) is 10.6 Å². The van der Waals surface area contributed by atoms with Gasteiger partial charge in [0.05, 0.1) is 31.5 Å². The number of amides is 1. The average Bonchev–Trinajstić information content (AvgIpc) is 2.26. The standard InChI is InChI=1S/C12H26N2O4/c1-12(2,3)18-9-10(15)7-13-8-11(16)14-5-6-17-4/h10,13,15H,5-9H2,1-4H3,(H,14,16). The lowest BCUT2D eigenvalue weighted by Crippen LogP contribution is -2.40. The molecular formula is C12H26N2O4. The molecule has 0 aliphatic rings. The van der Waals surface area contributed by atoms with Crippen molar-refractivity contribution in [2.45, 2.75) is 32.5 Å². The summed E-state index contributed by atoms with van der Waals surface area (Å²) in [6, 6.07) is 0. The van der Waals surface area contributed by atoms with E-state index in [0.29, 0.717) is 19.7 Å². The normalized spacial score (nSPS) is 13.4. The molecule has 0 aromatic carbocycles. The summed E-state index contributed by atoms with van der Waals surface area (Å²) in [6.45, 7) is 7.52. The zero-order valence-corrected chi connectivity index (χ0v) is 11.8. The van der Waals surface area contributed by atoms with E-state index in [-0.39, 0.29) is 24.7 Å². The van der Waals surface area contributed by atoms with Crippen LogP contribution in [0, 0.1) is 0 Å². The summed E-state index contributed by atoms with van der Waals surface area (Å²) in [7, 11) is 1.58. The van der Waals surface area contributed by atoms with Crippen molar-refractivity contribution < 1.29 is 19.4 Å². The predicted octanol–water partition coefficient (Wildman–Crippen LogP) is -0.485. The maximum Gasteiger partial charge on any atom is 0.234 e. The number of hydrogen-bond acceptors (Lipinski definition) is 5. The molecule has 0 heterocycles. The third kappa shape index (κ3) is 11.8. The van der Waals surface area contributed by atoms with Crippen LogP contribution >= 0.6 is 0 Å². The highest BCUT2D eigenvalue weighted by molar-refractivity contribution is 5.77. The van der Waals surface area contributed by atoms with Gasteiger partial charge >= 0.3 is 0 Å². The van der Waals surface area contributed by atoms with E-state index in [1.807, 2.05) is 20.8 Å². The zero-order valence-electron chi connectivity index (χ0n) is 11.8. The fourth-order valence-corrected chi connectivity index (χ4v) is 1.11. The molecule has 3 N–H and O–H groups in total. The van der Waals surface area contributed by atoms with E-state index in [9.17, 15) is 9.90 Å². The minimum Gasteiger partial charge on any atom is -0.389 e. The van der Waals surface area contributed by atoms with E-state index >= 15 is 0 Å². The highest BCUT2D eigenvalue weighted by atomic mass is 16.5. The first-order chi connectivity index (χ1) is 8.35. The van der Waals surface area contributed by atoms with Gasteiger partial charge in [-0.15, -0.1) is 0 Å². The van der Waals surface area contributed by atoms with Gasteiger partial charge in [-0.25, -0.2) is 0 Å². The smallest absolute Gasteiger partial charge is 0.234 e. The molecular weight excluding hydrogens is 236 g/mol. The van der Waals surface area contributed by atoms with Crippen molar-refractivity contribution >= 4 is 5.91 Å². The summed E-state index contributed by atoms with van der Waals surface area (Å²) in [5, 5.41) is 15.1. The van der Waals surface area contributed by atoms with Crippen LogP contribution in [-0.2, 0) is 14.3 Å². The Morgan fingerprint density at radius 2 is 2.06 bits per heavy atom. The fourth-order valence-electron chi connectivity index (χ4n) is 1.11. The van der Waals surface area contributed by atoms with E-state index < -0.39 is 6.10 Å². The molecule has 1 atom stereocenters. The largest absolute Gasteiger partial charge is 0.389 e. The molecule has 0 spiro atoms. The second-order valence-electron chi connectivity index (χ2n) is 5.05. The topological polar surface area (TPSA) is 79.8 Å². The Morgan fingerprint density at radius 3 is 2.61 bits per heavy atom. The monoisotopic (exact) mass is 262 g/mol. The van der Waals surface area contributed by atoms with Crippen molar-refractivity contribution in [3.05, 3.63) is 0 Å². The van der Waals surface area contributed by atoms with Crippen LogP contribution in [0.4, 0.5) is 0 Å². The zero-order chi connectivity index (χ0) is 14.0. The summed E-state index contributed by atoms with van der Waals surface area (Å²) < 4.78 is 10.2. The van der Waals surface area contributed by atoms with E-state index in [1.54, 1.807) is 7.11 Å². The molecule has 0 aliphatic heterocycles. The lowest BCUT2D eigenvalue weighted by atomic mass is 10.2. The van der Waals surface area contributed by atoms with Gasteiger partial charge in [0.1, 0.15) is 0 Å². The molecule has 0 fully saturated rings. The fraction of sp³-hybridized carbons (Fsp3) is 0.917. The summed E-state index contributed by atoms with van der Waals surface area (Å²) in [5.74, 6) is -0.115. The van der Waals surface area contributed by atoms with E-state index in [4.69, 9.17) is 9.47 Å². The maximum absolute atomic E-state index is 11.3. The van der Waals surface area contributed by atoms with Gasteiger partial charge in [0, 0.05) is 20.2 Å². The minimum absolute atomic E-state index is 0.115. The number of methoxy groups -OCH3 is 1. The third-order valence-electron chi connectivity index (χ3n) is 2.00. The molecule has 18 heavy (non-hydrogen) atoms. The number of nitrogens with one attached hydrogen (secondary N) is 2. The quantitative estimate of drug-likeness (QED) is 0.489. The molecule has 0 saturated heterocycles. The van der Waals surface area contributed by atoms with Crippen LogP contribution < -0.4 is 10.6 Å². The van der Waals surface area contributed by atoms with Crippen LogP contribution in [-0.4, -0.2) is 62.7 Å². The van der Waals surface area contributed by atoms with Crippen molar-refractivity contribution in [3.63, 3.8) is 0 Å². The molecule has 1 unspecified atom stereocenters. The molecule has 108 valence electrons. The number of rotatable bonds is 9. The molecule has 0 aliphatic carbocycles. The van der Waals surface area contributed by atoms with Gasteiger partial charge in [-0.2, -0.15) is 0 Å². The van der Waals surface area contributed by atoms with Crippen LogP contribution in [0.1, 0.15) is 20.8 Å². The first kappa shape index (κ1) is 17.3. The van der Waals surface area contributed by atoms with Crippen LogP contribution in [0.3, 0.4) is 0 Å². The van der Waals surface area contributed by atoms with Gasteiger partial charge in [-0.1, -0.05) is 0 Å². The SMILES string of the molecule is COCCNC(=O)CNCC(O)COC(C)(C)C. The van der Waals surface area contributed by atoms with Gasteiger partial charge in [-0.3, -0.25) is 4.79 Å². The number of aliphatic hydroxyl groups excluding tert-OH is 1. The minimum atomic E-state index is -0.615. The average molecular weight is 262 g/mol. The highest BCUT2D eigenvalue weighted by Gasteiger charge is 2.13. The summed E-state index contributed by atoms with van der Waals surface area (Å²) >= 11 is 0. The van der Waals surface area contributed by atoms with Crippen molar-refractivity contribution in [3.8, 4) is 0 Å². The van der Waals surface area contributed by atoms with Crippen LogP contribution in [0.2, 0.25) is 0 Å².